The number of nitrogens with zero attached hydrogens (tertiary/aromatic N) is 2. The zero-order valence-corrected chi connectivity index (χ0v) is 29.4. The summed E-state index contributed by atoms with van der Waals surface area (Å²) in [7, 11) is 0. The molecule has 0 N–H and O–H groups in total. The van der Waals surface area contributed by atoms with Crippen LogP contribution in [-0.2, 0) is 10.8 Å². The maximum absolute atomic E-state index is 5.24. The number of pyridine rings is 2. The highest BCUT2D eigenvalue weighted by molar-refractivity contribution is 6.27. The molecule has 0 saturated heterocycles. The van der Waals surface area contributed by atoms with Crippen molar-refractivity contribution in [1.29, 1.82) is 0 Å². The number of aromatic nitrogens is 2. The van der Waals surface area contributed by atoms with Gasteiger partial charge in [0, 0.05) is 16.5 Å². The monoisotopic (exact) mass is 642 g/mol. The van der Waals surface area contributed by atoms with Gasteiger partial charge in [0.05, 0.1) is 11.4 Å². The molecule has 50 heavy (non-hydrogen) atoms. The molecule has 2 aromatic heterocycles. The molecule has 0 aliphatic carbocycles. The van der Waals surface area contributed by atoms with E-state index in [9.17, 15) is 0 Å². The molecule has 2 nitrogen and oxygen atoms in total. The van der Waals surface area contributed by atoms with E-state index in [2.05, 4.69) is 163 Å². The third-order valence-corrected chi connectivity index (χ3v) is 11.0. The van der Waals surface area contributed by atoms with Crippen LogP contribution >= 0.6 is 0 Å². The molecule has 0 unspecified atom stereocenters. The van der Waals surface area contributed by atoms with Crippen molar-refractivity contribution in [3.05, 3.63) is 132 Å². The van der Waals surface area contributed by atoms with Crippen molar-refractivity contribution < 1.29 is 0 Å². The molecular weight excluding hydrogens is 605 g/mol. The highest BCUT2D eigenvalue weighted by Crippen LogP contribution is 2.43. The normalized spacial score (nSPS) is 13.0. The summed E-state index contributed by atoms with van der Waals surface area (Å²) in [6.07, 6.45) is 0. The number of hydrogen-bond acceptors (Lipinski definition) is 2. The van der Waals surface area contributed by atoms with Crippen molar-refractivity contribution in [1.82, 2.24) is 9.97 Å². The summed E-state index contributed by atoms with van der Waals surface area (Å²) in [6.45, 7) is 13.7. The standard InChI is InChI=1S/C48H38N2/c1-47(2,3)34-23-30-9-7-27-11-17-36(38-19-13-32(25-34)42(30)44(27)38)40-21-15-29-16-22-41(50-46(29)49-40)37-18-12-28-8-10-31-24-35(48(4,5)6)26-33-14-20-39(37)45(28)43(31)33/h7-26H,1-6H3. The van der Waals surface area contributed by atoms with Crippen LogP contribution in [0, 0.1) is 0 Å². The highest BCUT2D eigenvalue weighted by atomic mass is 14.9. The Morgan fingerprint density at radius 3 is 1.08 bits per heavy atom. The van der Waals surface area contributed by atoms with Gasteiger partial charge in [0.1, 0.15) is 0 Å². The van der Waals surface area contributed by atoms with Crippen LogP contribution in [0.4, 0.5) is 0 Å². The molecule has 0 atom stereocenters. The van der Waals surface area contributed by atoms with E-state index in [0.29, 0.717) is 0 Å². The molecule has 0 spiro atoms. The first-order valence-electron chi connectivity index (χ1n) is 17.7. The molecule has 8 aromatic carbocycles. The number of rotatable bonds is 2. The average Bonchev–Trinajstić information content (AvgIpc) is 3.11. The minimum Gasteiger partial charge on any atom is -0.228 e. The second-order valence-electron chi connectivity index (χ2n) is 16.3. The fourth-order valence-corrected chi connectivity index (χ4v) is 8.25. The molecule has 2 heterocycles. The SMILES string of the molecule is CC(C)(C)c1cc2ccc3ccc(-c4ccc5ccc(-c6ccc7ccc8cc(C(C)(C)C)cc9ccc6c7c89)nc5n4)c4ccc(c1)c2c34. The second kappa shape index (κ2) is 9.98. The quantitative estimate of drug-likeness (QED) is 0.175. The molecule has 0 amide bonds. The van der Waals surface area contributed by atoms with Gasteiger partial charge in [-0.2, -0.15) is 0 Å². The fourth-order valence-electron chi connectivity index (χ4n) is 8.25. The van der Waals surface area contributed by atoms with Gasteiger partial charge in [0.2, 0.25) is 0 Å². The summed E-state index contributed by atoms with van der Waals surface area (Å²) >= 11 is 0. The van der Waals surface area contributed by atoms with Gasteiger partial charge in [-0.25, -0.2) is 9.97 Å². The Hall–Kier alpha value is -5.60. The van der Waals surface area contributed by atoms with Crippen molar-refractivity contribution in [2.75, 3.05) is 0 Å². The third-order valence-electron chi connectivity index (χ3n) is 11.0. The van der Waals surface area contributed by atoms with Crippen LogP contribution in [0.15, 0.2) is 121 Å². The van der Waals surface area contributed by atoms with Gasteiger partial charge in [-0.1, -0.05) is 139 Å². The minimum atomic E-state index is 0.0875. The van der Waals surface area contributed by atoms with Crippen LogP contribution in [0.5, 0.6) is 0 Å². The number of fused-ring (bicyclic) bond motifs is 1. The molecular formula is C48H38N2. The average molecular weight is 643 g/mol. The second-order valence-corrected chi connectivity index (χ2v) is 16.3. The Morgan fingerprint density at radius 1 is 0.340 bits per heavy atom. The van der Waals surface area contributed by atoms with E-state index >= 15 is 0 Å². The van der Waals surface area contributed by atoms with Crippen molar-refractivity contribution in [2.24, 2.45) is 0 Å². The summed E-state index contributed by atoms with van der Waals surface area (Å²) in [5.41, 5.74) is 7.83. The zero-order chi connectivity index (χ0) is 34.1. The number of hydrogen-bond donors (Lipinski definition) is 0. The highest BCUT2D eigenvalue weighted by Gasteiger charge is 2.20. The van der Waals surface area contributed by atoms with Gasteiger partial charge in [-0.3, -0.25) is 0 Å². The van der Waals surface area contributed by atoms with Crippen LogP contribution < -0.4 is 0 Å². The molecule has 240 valence electrons. The lowest BCUT2D eigenvalue weighted by Crippen LogP contribution is -2.10. The van der Waals surface area contributed by atoms with Gasteiger partial charge in [-0.05, 0) is 111 Å². The lowest BCUT2D eigenvalue weighted by Gasteiger charge is -2.22. The van der Waals surface area contributed by atoms with Crippen molar-refractivity contribution in [3.63, 3.8) is 0 Å². The first-order valence-corrected chi connectivity index (χ1v) is 17.7. The molecule has 2 heteroatoms. The van der Waals surface area contributed by atoms with Crippen LogP contribution in [0.2, 0.25) is 0 Å². The van der Waals surface area contributed by atoms with Gasteiger partial charge in [-0.15, -0.1) is 0 Å². The molecule has 10 aromatic rings. The first kappa shape index (κ1) is 29.3. The van der Waals surface area contributed by atoms with Crippen molar-refractivity contribution >= 4 is 75.7 Å². The summed E-state index contributed by atoms with van der Waals surface area (Å²) in [6, 6.07) is 45.3. The maximum atomic E-state index is 5.24. The third kappa shape index (κ3) is 4.27. The van der Waals surface area contributed by atoms with Gasteiger partial charge >= 0.3 is 0 Å². The van der Waals surface area contributed by atoms with Crippen LogP contribution in [-0.4, -0.2) is 9.97 Å². The van der Waals surface area contributed by atoms with Gasteiger partial charge in [0.25, 0.3) is 0 Å². The van der Waals surface area contributed by atoms with Crippen molar-refractivity contribution in [3.8, 4) is 22.5 Å². The predicted octanol–water partition coefficient (Wildman–Crippen LogP) is 13.4. The summed E-state index contributed by atoms with van der Waals surface area (Å²) in [5, 5.41) is 16.5. The number of benzene rings is 8. The lowest BCUT2D eigenvalue weighted by molar-refractivity contribution is 0.591. The summed E-state index contributed by atoms with van der Waals surface area (Å²) in [4.78, 5) is 10.5. The van der Waals surface area contributed by atoms with E-state index in [1.807, 2.05) is 0 Å². The van der Waals surface area contributed by atoms with E-state index in [0.717, 1.165) is 33.5 Å². The smallest absolute Gasteiger partial charge is 0.160 e. The molecule has 0 saturated carbocycles. The predicted molar refractivity (Wildman–Crippen MR) is 215 cm³/mol. The molecule has 0 radical (unpaired) electrons. The topological polar surface area (TPSA) is 25.8 Å². The molecule has 0 bridgehead atoms. The molecule has 0 aliphatic heterocycles. The van der Waals surface area contributed by atoms with Crippen LogP contribution in [0.1, 0.15) is 52.7 Å². The Labute approximate surface area is 292 Å². The van der Waals surface area contributed by atoms with E-state index < -0.39 is 0 Å². The largest absolute Gasteiger partial charge is 0.228 e. The first-order chi connectivity index (χ1) is 24.0. The summed E-state index contributed by atoms with van der Waals surface area (Å²) in [5.74, 6) is 0. The zero-order valence-electron chi connectivity index (χ0n) is 29.4. The van der Waals surface area contributed by atoms with Crippen LogP contribution in [0.3, 0.4) is 0 Å². The van der Waals surface area contributed by atoms with Gasteiger partial charge in [0.15, 0.2) is 5.65 Å². The Kier molecular flexibility index (Phi) is 5.86. The van der Waals surface area contributed by atoms with E-state index in [-0.39, 0.29) is 10.8 Å². The minimum absolute atomic E-state index is 0.0875. The Bertz CT molecular complexity index is 2750. The van der Waals surface area contributed by atoms with E-state index in [4.69, 9.17) is 9.97 Å². The Balaban J connectivity index is 1.13. The molecule has 10 rings (SSSR count). The maximum Gasteiger partial charge on any atom is 0.160 e. The Morgan fingerprint density at radius 2 is 0.680 bits per heavy atom. The molecule has 0 fully saturated rings. The molecule has 0 aliphatic rings. The van der Waals surface area contributed by atoms with Gasteiger partial charge < -0.3 is 0 Å². The van der Waals surface area contributed by atoms with Crippen molar-refractivity contribution in [2.45, 2.75) is 52.4 Å². The lowest BCUT2D eigenvalue weighted by atomic mass is 9.83. The van der Waals surface area contributed by atoms with E-state index in [1.165, 1.54) is 75.8 Å². The van der Waals surface area contributed by atoms with Crippen LogP contribution in [0.25, 0.3) is 98.2 Å². The summed E-state index contributed by atoms with van der Waals surface area (Å²) < 4.78 is 0. The van der Waals surface area contributed by atoms with E-state index in [1.54, 1.807) is 0 Å². The fraction of sp³-hybridized carbons (Fsp3) is 0.167.